The van der Waals surface area contributed by atoms with Crippen molar-refractivity contribution in [2.24, 2.45) is 0 Å². The minimum absolute atomic E-state index is 0.0546. The number of aromatic nitrogens is 2. The van der Waals surface area contributed by atoms with Crippen molar-refractivity contribution >= 4 is 23.1 Å². The van der Waals surface area contributed by atoms with Crippen LogP contribution in [0.5, 0.6) is 0 Å². The van der Waals surface area contributed by atoms with Crippen LogP contribution in [0, 0.1) is 6.92 Å². The Morgan fingerprint density at radius 1 is 0.967 bits per heavy atom. The van der Waals surface area contributed by atoms with Gasteiger partial charge in [-0.3, -0.25) is 0 Å². The van der Waals surface area contributed by atoms with Gasteiger partial charge >= 0.3 is 12.2 Å². The highest BCUT2D eigenvalue weighted by molar-refractivity contribution is 5.99. The van der Waals surface area contributed by atoms with Crippen LogP contribution in [0.2, 0.25) is 0 Å². The second-order valence-electron chi connectivity index (χ2n) is 6.83. The zero-order valence-electron chi connectivity index (χ0n) is 15.9. The molecule has 5 nitrogen and oxygen atoms in total. The molecule has 0 aliphatic rings. The fourth-order valence-corrected chi connectivity index (χ4v) is 3.01. The normalized spacial score (nSPS) is 11.5. The lowest BCUT2D eigenvalue weighted by atomic mass is 10.1. The van der Waals surface area contributed by atoms with Crippen molar-refractivity contribution in [3.63, 3.8) is 0 Å². The van der Waals surface area contributed by atoms with Crippen molar-refractivity contribution in [1.29, 1.82) is 0 Å². The van der Waals surface area contributed by atoms with Crippen molar-refractivity contribution in [3.05, 3.63) is 84.2 Å². The van der Waals surface area contributed by atoms with E-state index in [0.29, 0.717) is 5.69 Å². The lowest BCUT2D eigenvalue weighted by Gasteiger charge is -2.11. The summed E-state index contributed by atoms with van der Waals surface area (Å²) in [7, 11) is 0. The first-order valence-electron chi connectivity index (χ1n) is 9.09. The van der Waals surface area contributed by atoms with Crippen LogP contribution >= 0.6 is 0 Å². The highest BCUT2D eigenvalue weighted by Gasteiger charge is 2.30. The highest BCUT2D eigenvalue weighted by Crippen LogP contribution is 2.30. The summed E-state index contributed by atoms with van der Waals surface area (Å²) in [5.41, 5.74) is 3.36. The van der Waals surface area contributed by atoms with Gasteiger partial charge in [0.25, 0.3) is 0 Å². The Kier molecular flexibility index (Phi) is 4.91. The van der Waals surface area contributed by atoms with Gasteiger partial charge in [0, 0.05) is 29.3 Å². The van der Waals surface area contributed by atoms with Crippen LogP contribution in [0.4, 0.5) is 29.3 Å². The molecule has 2 amide bonds. The fraction of sp³-hybridized carbons (Fsp3) is 0.0909. The van der Waals surface area contributed by atoms with E-state index in [9.17, 15) is 18.0 Å². The molecule has 0 radical (unpaired) electrons. The van der Waals surface area contributed by atoms with E-state index in [2.05, 4.69) is 15.6 Å². The molecule has 0 bridgehead atoms. The number of hydrogen-bond donors (Lipinski definition) is 2. The van der Waals surface area contributed by atoms with E-state index in [1.807, 2.05) is 48.0 Å². The second-order valence-corrected chi connectivity index (χ2v) is 6.83. The van der Waals surface area contributed by atoms with Crippen LogP contribution in [-0.2, 0) is 6.18 Å². The predicted octanol–water partition coefficient (Wildman–Crippen LogP) is 5.97. The number of carbonyl (C=O) groups excluding carboxylic acids is 1. The Hall–Kier alpha value is -3.81. The molecular formula is C22H17F3N4O. The summed E-state index contributed by atoms with van der Waals surface area (Å²) in [6.07, 6.45) is -0.618. The van der Waals surface area contributed by atoms with Gasteiger partial charge in [0.05, 0.1) is 11.3 Å². The third-order valence-corrected chi connectivity index (χ3v) is 4.50. The van der Waals surface area contributed by atoms with Crippen LogP contribution in [0.25, 0.3) is 16.9 Å². The maximum Gasteiger partial charge on any atom is 0.416 e. The van der Waals surface area contributed by atoms with Crippen LogP contribution < -0.4 is 10.6 Å². The number of aryl methyl sites for hydroxylation is 1. The van der Waals surface area contributed by atoms with Crippen LogP contribution in [-0.4, -0.2) is 15.4 Å². The lowest BCUT2D eigenvalue weighted by Crippen LogP contribution is -2.19. The van der Waals surface area contributed by atoms with Gasteiger partial charge in [-0.05, 0) is 55.0 Å². The zero-order chi connectivity index (χ0) is 21.3. The summed E-state index contributed by atoms with van der Waals surface area (Å²) in [5, 5.41) is 5.01. The number of carbonyl (C=O) groups is 1. The standard InChI is InChI=1S/C22H17F3N4O/c1-14-9-10-29-13-19(28-20(29)11-14)15-5-7-17(8-6-15)26-21(30)27-18-4-2-3-16(12-18)22(23,24)25/h2-13H,1H3,(H2,26,27,30). The molecule has 0 spiro atoms. The molecule has 8 heteroatoms. The minimum Gasteiger partial charge on any atom is -0.308 e. The quantitative estimate of drug-likeness (QED) is 0.437. The number of alkyl halides is 3. The van der Waals surface area contributed by atoms with E-state index in [1.54, 1.807) is 12.1 Å². The number of rotatable bonds is 3. The fourth-order valence-electron chi connectivity index (χ4n) is 3.01. The molecule has 2 aromatic heterocycles. The monoisotopic (exact) mass is 410 g/mol. The minimum atomic E-state index is -4.47. The second kappa shape index (κ2) is 7.55. The largest absolute Gasteiger partial charge is 0.416 e. The van der Waals surface area contributed by atoms with Gasteiger partial charge in [-0.25, -0.2) is 9.78 Å². The number of halogens is 3. The molecule has 0 atom stereocenters. The zero-order valence-corrected chi connectivity index (χ0v) is 15.9. The van der Waals surface area contributed by atoms with Gasteiger partial charge in [-0.2, -0.15) is 13.2 Å². The van der Waals surface area contributed by atoms with Crippen molar-refractivity contribution in [2.45, 2.75) is 13.1 Å². The molecule has 0 saturated heterocycles. The number of imidazole rings is 1. The van der Waals surface area contributed by atoms with Crippen LogP contribution in [0.15, 0.2) is 73.1 Å². The average Bonchev–Trinajstić information content (AvgIpc) is 3.11. The van der Waals surface area contributed by atoms with Gasteiger partial charge in [-0.15, -0.1) is 0 Å². The van der Waals surface area contributed by atoms with E-state index in [1.165, 1.54) is 12.1 Å². The summed E-state index contributed by atoms with van der Waals surface area (Å²) in [6.45, 7) is 2.00. The van der Waals surface area contributed by atoms with Gasteiger partial charge < -0.3 is 15.0 Å². The topological polar surface area (TPSA) is 58.4 Å². The third-order valence-electron chi connectivity index (χ3n) is 4.50. The van der Waals surface area contributed by atoms with E-state index >= 15 is 0 Å². The van der Waals surface area contributed by atoms with Crippen molar-refractivity contribution in [3.8, 4) is 11.3 Å². The number of fused-ring (bicyclic) bond motifs is 1. The number of benzene rings is 2. The van der Waals surface area contributed by atoms with Crippen molar-refractivity contribution in [2.75, 3.05) is 10.6 Å². The number of nitrogens with one attached hydrogen (secondary N) is 2. The molecule has 0 aliphatic heterocycles. The Morgan fingerprint density at radius 2 is 1.70 bits per heavy atom. The summed E-state index contributed by atoms with van der Waals surface area (Å²) in [4.78, 5) is 16.7. The van der Waals surface area contributed by atoms with Crippen molar-refractivity contribution in [1.82, 2.24) is 9.38 Å². The molecule has 2 N–H and O–H groups in total. The maximum absolute atomic E-state index is 12.8. The number of pyridine rings is 1. The first-order valence-corrected chi connectivity index (χ1v) is 9.09. The molecule has 0 unspecified atom stereocenters. The summed E-state index contributed by atoms with van der Waals surface area (Å²) < 4.78 is 40.3. The molecule has 2 heterocycles. The Balaban J connectivity index is 1.45. The maximum atomic E-state index is 12.8. The Labute approximate surface area is 170 Å². The molecule has 0 saturated carbocycles. The summed E-state index contributed by atoms with van der Waals surface area (Å²) >= 11 is 0. The highest BCUT2D eigenvalue weighted by atomic mass is 19.4. The summed E-state index contributed by atoms with van der Waals surface area (Å²) in [5.74, 6) is 0. The molecule has 152 valence electrons. The molecule has 2 aromatic carbocycles. The van der Waals surface area contributed by atoms with Crippen LogP contribution in [0.3, 0.4) is 0 Å². The Bertz CT molecular complexity index is 1210. The summed E-state index contributed by atoms with van der Waals surface area (Å²) in [6, 6.07) is 14.8. The average molecular weight is 410 g/mol. The van der Waals surface area contributed by atoms with E-state index in [0.717, 1.165) is 34.6 Å². The first kappa shape index (κ1) is 19.5. The number of urea groups is 1. The van der Waals surface area contributed by atoms with E-state index < -0.39 is 17.8 Å². The number of anilines is 2. The van der Waals surface area contributed by atoms with E-state index in [4.69, 9.17) is 0 Å². The van der Waals surface area contributed by atoms with Gasteiger partial charge in [0.2, 0.25) is 0 Å². The molecular weight excluding hydrogens is 393 g/mol. The first-order chi connectivity index (χ1) is 14.3. The Morgan fingerprint density at radius 3 is 2.43 bits per heavy atom. The van der Waals surface area contributed by atoms with Gasteiger partial charge in [0.1, 0.15) is 5.65 Å². The van der Waals surface area contributed by atoms with Gasteiger partial charge in [0.15, 0.2) is 0 Å². The molecule has 4 rings (SSSR count). The molecule has 30 heavy (non-hydrogen) atoms. The van der Waals surface area contributed by atoms with Crippen LogP contribution in [0.1, 0.15) is 11.1 Å². The van der Waals surface area contributed by atoms with Gasteiger partial charge in [-0.1, -0.05) is 18.2 Å². The lowest BCUT2D eigenvalue weighted by molar-refractivity contribution is -0.137. The molecule has 0 aliphatic carbocycles. The third kappa shape index (κ3) is 4.27. The van der Waals surface area contributed by atoms with E-state index in [-0.39, 0.29) is 5.69 Å². The number of hydrogen-bond acceptors (Lipinski definition) is 2. The predicted molar refractivity (Wildman–Crippen MR) is 109 cm³/mol. The van der Waals surface area contributed by atoms with Crippen molar-refractivity contribution < 1.29 is 18.0 Å². The molecule has 4 aromatic rings. The smallest absolute Gasteiger partial charge is 0.308 e. The number of nitrogens with zero attached hydrogens (tertiary/aromatic N) is 2. The molecule has 0 fully saturated rings. The number of amides is 2. The SMILES string of the molecule is Cc1ccn2cc(-c3ccc(NC(=O)Nc4cccc(C(F)(F)F)c4)cc3)nc2c1.